The van der Waals surface area contributed by atoms with Gasteiger partial charge in [0.15, 0.2) is 0 Å². The minimum atomic E-state index is -1.13. The van der Waals surface area contributed by atoms with Crippen LogP contribution in [0.25, 0.3) is 0 Å². The van der Waals surface area contributed by atoms with Gasteiger partial charge in [0, 0.05) is 4.88 Å². The number of halogens is 1. The number of hydrogen-bond donors (Lipinski definition) is 2. The molecule has 0 radical (unpaired) electrons. The van der Waals surface area contributed by atoms with E-state index < -0.39 is 22.4 Å². The normalized spacial score (nSPS) is 10.4. The van der Waals surface area contributed by atoms with E-state index in [1.807, 2.05) is 6.92 Å². The number of anilines is 2. The van der Waals surface area contributed by atoms with Gasteiger partial charge in [-0.05, 0) is 24.6 Å². The summed E-state index contributed by atoms with van der Waals surface area (Å²) in [5.74, 6) is -1.86. The van der Waals surface area contributed by atoms with Crippen molar-refractivity contribution in [3.05, 3.63) is 50.6 Å². The summed E-state index contributed by atoms with van der Waals surface area (Å²) in [6.45, 7) is 1.88. The van der Waals surface area contributed by atoms with Crippen LogP contribution in [0.3, 0.4) is 0 Å². The number of nitrogens with zero attached hydrogens (tertiary/aromatic N) is 1. The van der Waals surface area contributed by atoms with E-state index in [-0.39, 0.29) is 16.3 Å². The van der Waals surface area contributed by atoms with E-state index in [1.54, 1.807) is 0 Å². The molecule has 110 valence electrons. The monoisotopic (exact) mass is 310 g/mol. The summed E-state index contributed by atoms with van der Waals surface area (Å²) >= 11 is 1.20. The molecular formula is C13H11FN2O4S. The Labute approximate surface area is 123 Å². The number of carboxylic acids is 1. The lowest BCUT2D eigenvalue weighted by molar-refractivity contribution is -0.384. The molecule has 8 heteroatoms. The first-order valence-corrected chi connectivity index (χ1v) is 6.81. The zero-order valence-corrected chi connectivity index (χ0v) is 11.7. The highest BCUT2D eigenvalue weighted by Gasteiger charge is 2.20. The lowest BCUT2D eigenvalue weighted by atomic mass is 10.2. The summed E-state index contributed by atoms with van der Waals surface area (Å²) < 4.78 is 13.1. The molecule has 0 saturated heterocycles. The average Bonchev–Trinajstić information content (AvgIpc) is 2.84. The molecule has 0 amide bonds. The molecular weight excluding hydrogens is 299 g/mol. The Kier molecular flexibility index (Phi) is 4.18. The number of rotatable bonds is 5. The second-order valence-electron chi connectivity index (χ2n) is 4.16. The Balaban J connectivity index is 2.45. The first-order chi connectivity index (χ1) is 9.92. The van der Waals surface area contributed by atoms with Crippen LogP contribution in [0.2, 0.25) is 0 Å². The van der Waals surface area contributed by atoms with Crippen LogP contribution in [0.4, 0.5) is 20.8 Å². The van der Waals surface area contributed by atoms with Crippen LogP contribution in [0.1, 0.15) is 22.2 Å². The lowest BCUT2D eigenvalue weighted by Crippen LogP contribution is -2.01. The summed E-state index contributed by atoms with van der Waals surface area (Å²) in [6.07, 6.45) is 0.651. The number of hydrogen-bond acceptors (Lipinski definition) is 5. The van der Waals surface area contributed by atoms with Gasteiger partial charge in [-0.2, -0.15) is 0 Å². The summed E-state index contributed by atoms with van der Waals surface area (Å²) in [4.78, 5) is 22.2. The first-order valence-electron chi connectivity index (χ1n) is 5.99. The molecule has 0 spiro atoms. The standard InChI is InChI=1S/C13H11FN2O4S/c1-2-8-6-9(13(17)18)12(21-8)15-10-4-3-7(14)5-11(10)16(19)20/h3-6,15H,2H2,1H3,(H,17,18). The zero-order valence-electron chi connectivity index (χ0n) is 10.9. The summed E-state index contributed by atoms with van der Waals surface area (Å²) in [6, 6.07) is 4.59. The van der Waals surface area contributed by atoms with Crippen molar-refractivity contribution in [1.82, 2.24) is 0 Å². The van der Waals surface area contributed by atoms with Gasteiger partial charge in [0.2, 0.25) is 0 Å². The molecule has 1 aromatic heterocycles. The maximum absolute atomic E-state index is 13.1. The van der Waals surface area contributed by atoms with Gasteiger partial charge in [0.1, 0.15) is 16.5 Å². The van der Waals surface area contributed by atoms with Crippen molar-refractivity contribution >= 4 is 33.7 Å². The molecule has 0 aliphatic rings. The number of nitro groups is 1. The third-order valence-electron chi connectivity index (χ3n) is 2.77. The van der Waals surface area contributed by atoms with Crippen LogP contribution in [-0.2, 0) is 6.42 Å². The molecule has 1 aromatic carbocycles. The number of carbonyl (C=O) groups is 1. The second-order valence-corrected chi connectivity index (χ2v) is 5.29. The fourth-order valence-corrected chi connectivity index (χ4v) is 2.75. The predicted molar refractivity (Wildman–Crippen MR) is 77.0 cm³/mol. The maximum Gasteiger partial charge on any atom is 0.338 e. The van der Waals surface area contributed by atoms with Crippen molar-refractivity contribution in [2.45, 2.75) is 13.3 Å². The predicted octanol–water partition coefficient (Wildman–Crippen LogP) is 3.80. The van der Waals surface area contributed by atoms with E-state index in [1.165, 1.54) is 23.5 Å². The summed E-state index contributed by atoms with van der Waals surface area (Å²) in [5, 5.41) is 23.1. The molecule has 0 atom stereocenters. The highest BCUT2D eigenvalue weighted by molar-refractivity contribution is 7.16. The van der Waals surface area contributed by atoms with Gasteiger partial charge in [-0.3, -0.25) is 10.1 Å². The van der Waals surface area contributed by atoms with E-state index in [0.29, 0.717) is 6.42 Å². The topological polar surface area (TPSA) is 92.5 Å². The molecule has 0 aliphatic carbocycles. The van der Waals surface area contributed by atoms with Gasteiger partial charge in [-0.25, -0.2) is 9.18 Å². The molecule has 0 saturated carbocycles. The molecule has 2 aromatic rings. The number of benzene rings is 1. The molecule has 0 fully saturated rings. The SMILES string of the molecule is CCc1cc(C(=O)O)c(Nc2ccc(F)cc2[N+](=O)[O-])s1. The van der Waals surface area contributed by atoms with Crippen LogP contribution in [-0.4, -0.2) is 16.0 Å². The first kappa shape index (κ1) is 14.9. The number of carboxylic acid groups (broad SMARTS) is 1. The number of nitrogens with one attached hydrogen (secondary N) is 1. The maximum atomic E-state index is 13.1. The third-order valence-corrected chi connectivity index (χ3v) is 3.96. The Hall–Kier alpha value is -2.48. The molecule has 0 bridgehead atoms. The molecule has 1 heterocycles. The van der Waals surface area contributed by atoms with Gasteiger partial charge in [-0.1, -0.05) is 6.92 Å². The smallest absolute Gasteiger partial charge is 0.338 e. The van der Waals surface area contributed by atoms with E-state index >= 15 is 0 Å². The van der Waals surface area contributed by atoms with Gasteiger partial charge < -0.3 is 10.4 Å². The van der Waals surface area contributed by atoms with Gasteiger partial charge in [0.25, 0.3) is 5.69 Å². The minimum absolute atomic E-state index is 0.0375. The molecule has 2 rings (SSSR count). The van der Waals surface area contributed by atoms with E-state index in [9.17, 15) is 19.3 Å². The summed E-state index contributed by atoms with van der Waals surface area (Å²) in [7, 11) is 0. The van der Waals surface area contributed by atoms with E-state index in [0.717, 1.165) is 17.0 Å². The van der Waals surface area contributed by atoms with Gasteiger partial charge >= 0.3 is 5.97 Å². The number of aromatic carboxylic acids is 1. The van der Waals surface area contributed by atoms with Crippen LogP contribution < -0.4 is 5.32 Å². The Morgan fingerprint density at radius 2 is 2.19 bits per heavy atom. The van der Waals surface area contributed by atoms with Crippen molar-refractivity contribution in [1.29, 1.82) is 0 Å². The number of thiophene rings is 1. The third kappa shape index (κ3) is 3.16. The van der Waals surface area contributed by atoms with Crippen molar-refractivity contribution in [2.75, 3.05) is 5.32 Å². The van der Waals surface area contributed by atoms with Crippen LogP contribution in [0.5, 0.6) is 0 Å². The average molecular weight is 310 g/mol. The zero-order chi connectivity index (χ0) is 15.6. The quantitative estimate of drug-likeness (QED) is 0.647. The number of nitro benzene ring substituents is 1. The highest BCUT2D eigenvalue weighted by Crippen LogP contribution is 2.35. The van der Waals surface area contributed by atoms with Crippen molar-refractivity contribution in [2.24, 2.45) is 0 Å². The molecule has 21 heavy (non-hydrogen) atoms. The largest absolute Gasteiger partial charge is 0.478 e. The second kappa shape index (κ2) is 5.88. The molecule has 0 unspecified atom stereocenters. The van der Waals surface area contributed by atoms with Gasteiger partial charge in [0.05, 0.1) is 16.6 Å². The fraction of sp³-hybridized carbons (Fsp3) is 0.154. The molecule has 6 nitrogen and oxygen atoms in total. The number of aryl methyl sites for hydroxylation is 1. The lowest BCUT2D eigenvalue weighted by Gasteiger charge is -2.06. The van der Waals surface area contributed by atoms with Gasteiger partial charge in [-0.15, -0.1) is 11.3 Å². The molecule has 0 aliphatic heterocycles. The van der Waals surface area contributed by atoms with Crippen LogP contribution in [0, 0.1) is 15.9 Å². The highest BCUT2D eigenvalue weighted by atomic mass is 32.1. The Bertz CT molecular complexity index is 714. The fourth-order valence-electron chi connectivity index (χ4n) is 1.75. The summed E-state index contributed by atoms with van der Waals surface area (Å²) in [5.41, 5.74) is -0.360. The van der Waals surface area contributed by atoms with Crippen LogP contribution >= 0.6 is 11.3 Å². The van der Waals surface area contributed by atoms with Crippen LogP contribution in [0.15, 0.2) is 24.3 Å². The van der Waals surface area contributed by atoms with Crippen molar-refractivity contribution in [3.63, 3.8) is 0 Å². The Morgan fingerprint density at radius 3 is 2.76 bits per heavy atom. The minimum Gasteiger partial charge on any atom is -0.478 e. The molecule has 2 N–H and O–H groups in total. The van der Waals surface area contributed by atoms with Crippen molar-refractivity contribution in [3.8, 4) is 0 Å². The van der Waals surface area contributed by atoms with Crippen molar-refractivity contribution < 1.29 is 19.2 Å². The van der Waals surface area contributed by atoms with E-state index in [4.69, 9.17) is 5.11 Å². The Morgan fingerprint density at radius 1 is 1.48 bits per heavy atom. The van der Waals surface area contributed by atoms with E-state index in [2.05, 4.69) is 5.32 Å².